The summed E-state index contributed by atoms with van der Waals surface area (Å²) in [5.74, 6) is 0.705. The van der Waals surface area contributed by atoms with Crippen LogP contribution in [0.5, 0.6) is 0 Å². The van der Waals surface area contributed by atoms with Crippen LogP contribution < -0.4 is 10.6 Å². The number of rotatable bonds is 5. The van der Waals surface area contributed by atoms with E-state index in [4.69, 9.17) is 11.6 Å². The van der Waals surface area contributed by atoms with Gasteiger partial charge in [0.2, 0.25) is 11.8 Å². The molecule has 6 nitrogen and oxygen atoms in total. The van der Waals surface area contributed by atoms with E-state index in [0.29, 0.717) is 36.3 Å². The molecule has 0 aliphatic carbocycles. The first kappa shape index (κ1) is 18.2. The van der Waals surface area contributed by atoms with Crippen molar-refractivity contribution in [2.45, 2.75) is 6.92 Å². The van der Waals surface area contributed by atoms with Crippen molar-refractivity contribution < 1.29 is 9.59 Å². The van der Waals surface area contributed by atoms with E-state index in [2.05, 4.69) is 15.5 Å². The summed E-state index contributed by atoms with van der Waals surface area (Å²) in [5, 5.41) is 6.59. The third-order valence-electron chi connectivity index (χ3n) is 5.11. The second kappa shape index (κ2) is 8.17. The molecular weight excluding hydrogens is 340 g/mol. The maximum atomic E-state index is 12.5. The van der Waals surface area contributed by atoms with Crippen molar-refractivity contribution in [3.8, 4) is 0 Å². The molecule has 1 aromatic rings. The van der Waals surface area contributed by atoms with E-state index in [0.717, 1.165) is 26.2 Å². The van der Waals surface area contributed by atoms with Crippen LogP contribution in [0.1, 0.15) is 6.92 Å². The molecule has 0 saturated carbocycles. The fourth-order valence-electron chi connectivity index (χ4n) is 3.24. The van der Waals surface area contributed by atoms with Crippen LogP contribution in [0.25, 0.3) is 0 Å². The molecule has 25 heavy (non-hydrogen) atoms. The summed E-state index contributed by atoms with van der Waals surface area (Å²) < 4.78 is 0. The lowest BCUT2D eigenvalue weighted by molar-refractivity contribution is -0.139. The number of benzene rings is 1. The zero-order chi connectivity index (χ0) is 17.8. The van der Waals surface area contributed by atoms with E-state index >= 15 is 0 Å². The number of anilines is 1. The van der Waals surface area contributed by atoms with Crippen molar-refractivity contribution in [1.29, 1.82) is 0 Å². The first-order valence-electron chi connectivity index (χ1n) is 8.81. The minimum absolute atomic E-state index is 0.0799. The van der Waals surface area contributed by atoms with Crippen molar-refractivity contribution in [1.82, 2.24) is 15.1 Å². The third kappa shape index (κ3) is 4.51. The Hall–Kier alpha value is -1.63. The van der Waals surface area contributed by atoms with Gasteiger partial charge in [-0.3, -0.25) is 14.5 Å². The quantitative estimate of drug-likeness (QED) is 0.826. The lowest BCUT2D eigenvalue weighted by Crippen LogP contribution is -2.55. The van der Waals surface area contributed by atoms with E-state index in [1.54, 1.807) is 12.1 Å². The lowest BCUT2D eigenvalue weighted by Gasteiger charge is -2.39. The molecular formula is C18H25ClN4O2. The van der Waals surface area contributed by atoms with Gasteiger partial charge in [-0.15, -0.1) is 0 Å². The van der Waals surface area contributed by atoms with Gasteiger partial charge >= 0.3 is 0 Å². The molecule has 2 heterocycles. The molecule has 7 heteroatoms. The van der Waals surface area contributed by atoms with Crippen molar-refractivity contribution in [3.63, 3.8) is 0 Å². The monoisotopic (exact) mass is 364 g/mol. The average Bonchev–Trinajstić information content (AvgIpc) is 2.55. The molecule has 0 spiro atoms. The third-order valence-corrected chi connectivity index (χ3v) is 5.44. The molecule has 0 bridgehead atoms. The molecule has 0 aromatic heterocycles. The van der Waals surface area contributed by atoms with Crippen LogP contribution >= 0.6 is 11.6 Å². The summed E-state index contributed by atoms with van der Waals surface area (Å²) in [6.07, 6.45) is 0. The van der Waals surface area contributed by atoms with Gasteiger partial charge in [0.1, 0.15) is 0 Å². The fraction of sp³-hybridized carbons (Fsp3) is 0.556. The number of halogens is 1. The largest absolute Gasteiger partial charge is 0.340 e. The lowest BCUT2D eigenvalue weighted by atomic mass is 9.88. The van der Waals surface area contributed by atoms with Gasteiger partial charge in [0.05, 0.1) is 17.3 Å². The molecule has 2 amide bonds. The number of carbonyl (C=O) groups is 2. The molecule has 1 aromatic carbocycles. The second-order valence-corrected chi connectivity index (χ2v) is 7.24. The van der Waals surface area contributed by atoms with Crippen molar-refractivity contribution >= 4 is 29.1 Å². The normalized spacial score (nSPS) is 20.0. The number of hydrogen-bond acceptors (Lipinski definition) is 4. The topological polar surface area (TPSA) is 64.7 Å². The Bertz CT molecular complexity index is 627. The van der Waals surface area contributed by atoms with Crippen LogP contribution in [-0.4, -0.2) is 67.4 Å². The summed E-state index contributed by atoms with van der Waals surface area (Å²) in [4.78, 5) is 28.7. The van der Waals surface area contributed by atoms with Gasteiger partial charge in [-0.05, 0) is 31.1 Å². The molecule has 2 saturated heterocycles. The summed E-state index contributed by atoms with van der Waals surface area (Å²) in [6, 6.07) is 7.20. The number of hydrogen-bond donors (Lipinski definition) is 2. The highest BCUT2D eigenvalue weighted by molar-refractivity contribution is 6.33. The second-order valence-electron chi connectivity index (χ2n) is 6.84. The van der Waals surface area contributed by atoms with Crippen LogP contribution in [0.2, 0.25) is 5.02 Å². The minimum atomic E-state index is -0.0817. The summed E-state index contributed by atoms with van der Waals surface area (Å²) >= 11 is 6.06. The molecule has 1 unspecified atom stereocenters. The zero-order valence-corrected chi connectivity index (χ0v) is 15.3. The summed E-state index contributed by atoms with van der Waals surface area (Å²) in [5.41, 5.74) is 0.630. The average molecular weight is 365 g/mol. The van der Waals surface area contributed by atoms with Crippen molar-refractivity contribution in [2.24, 2.45) is 11.8 Å². The van der Waals surface area contributed by atoms with Crippen LogP contribution in [-0.2, 0) is 9.59 Å². The predicted molar refractivity (Wildman–Crippen MR) is 98.6 cm³/mol. The Balaban J connectivity index is 1.43. The van der Waals surface area contributed by atoms with Gasteiger partial charge in [0.25, 0.3) is 0 Å². The van der Waals surface area contributed by atoms with E-state index < -0.39 is 0 Å². The van der Waals surface area contributed by atoms with Crippen LogP contribution in [0.15, 0.2) is 24.3 Å². The standard InChI is InChI=1S/C18H25ClN4O2/c1-13(14-10-20-11-14)18(25)23-8-6-22(7-9-23)12-17(24)21-16-5-3-2-4-15(16)19/h2-5,13-14,20H,6-12H2,1H3,(H,21,24). The van der Waals surface area contributed by atoms with Gasteiger partial charge in [0.15, 0.2) is 0 Å². The number of carbonyl (C=O) groups excluding carboxylic acids is 2. The fourth-order valence-corrected chi connectivity index (χ4v) is 3.42. The Morgan fingerprint density at radius 2 is 1.92 bits per heavy atom. The van der Waals surface area contributed by atoms with Crippen LogP contribution in [0, 0.1) is 11.8 Å². The summed E-state index contributed by atoms with van der Waals surface area (Å²) in [6.45, 7) is 7.02. The smallest absolute Gasteiger partial charge is 0.238 e. The molecule has 2 aliphatic heterocycles. The molecule has 2 aliphatic rings. The van der Waals surface area contributed by atoms with Gasteiger partial charge in [0, 0.05) is 32.1 Å². The van der Waals surface area contributed by atoms with Crippen molar-refractivity contribution in [2.75, 3.05) is 51.1 Å². The molecule has 1 atom stereocenters. The SMILES string of the molecule is CC(C(=O)N1CCN(CC(=O)Nc2ccccc2Cl)CC1)C1CNC1. The van der Waals surface area contributed by atoms with Gasteiger partial charge in [-0.25, -0.2) is 0 Å². The number of nitrogens with zero attached hydrogens (tertiary/aromatic N) is 2. The Kier molecular flexibility index (Phi) is 5.93. The Morgan fingerprint density at radius 3 is 2.52 bits per heavy atom. The molecule has 2 fully saturated rings. The Labute approximate surface area is 153 Å². The van der Waals surface area contributed by atoms with Gasteiger partial charge in [-0.2, -0.15) is 0 Å². The van der Waals surface area contributed by atoms with E-state index in [9.17, 15) is 9.59 Å². The molecule has 136 valence electrons. The van der Waals surface area contributed by atoms with E-state index in [-0.39, 0.29) is 17.7 Å². The predicted octanol–water partition coefficient (Wildman–Crippen LogP) is 1.28. The number of para-hydroxylation sites is 1. The highest BCUT2D eigenvalue weighted by Crippen LogP contribution is 2.21. The molecule has 3 rings (SSSR count). The highest BCUT2D eigenvalue weighted by atomic mass is 35.5. The van der Waals surface area contributed by atoms with Crippen LogP contribution in [0.3, 0.4) is 0 Å². The molecule has 2 N–H and O–H groups in total. The maximum absolute atomic E-state index is 12.5. The molecule has 0 radical (unpaired) electrons. The first-order valence-corrected chi connectivity index (χ1v) is 9.18. The van der Waals surface area contributed by atoms with Crippen LogP contribution in [0.4, 0.5) is 5.69 Å². The summed E-state index contributed by atoms with van der Waals surface area (Å²) in [7, 11) is 0. The van der Waals surface area contributed by atoms with Gasteiger partial charge in [-0.1, -0.05) is 30.7 Å². The van der Waals surface area contributed by atoms with Crippen molar-refractivity contribution in [3.05, 3.63) is 29.3 Å². The Morgan fingerprint density at radius 1 is 1.24 bits per heavy atom. The number of piperazine rings is 1. The van der Waals surface area contributed by atoms with E-state index in [1.807, 2.05) is 24.0 Å². The zero-order valence-electron chi connectivity index (χ0n) is 14.5. The highest BCUT2D eigenvalue weighted by Gasteiger charge is 2.33. The first-order chi connectivity index (χ1) is 12.0. The maximum Gasteiger partial charge on any atom is 0.238 e. The minimum Gasteiger partial charge on any atom is -0.340 e. The van der Waals surface area contributed by atoms with E-state index in [1.165, 1.54) is 0 Å². The van der Waals surface area contributed by atoms with Gasteiger partial charge < -0.3 is 15.5 Å². The number of nitrogens with one attached hydrogen (secondary N) is 2. The number of amides is 2.